The molecule has 5 heteroatoms. The summed E-state index contributed by atoms with van der Waals surface area (Å²) in [5.41, 5.74) is 6.38. The zero-order valence-electron chi connectivity index (χ0n) is 14.6. The number of hydrazone groups is 1. The van der Waals surface area contributed by atoms with Crippen LogP contribution in [-0.4, -0.2) is 28.2 Å². The van der Waals surface area contributed by atoms with Gasteiger partial charge in [0, 0.05) is 24.0 Å². The molecule has 1 aromatic carbocycles. The molecule has 0 unspecified atom stereocenters. The molecule has 2 aromatic rings. The summed E-state index contributed by atoms with van der Waals surface area (Å²) in [6.45, 7) is 11.9. The van der Waals surface area contributed by atoms with E-state index in [1.165, 1.54) is 5.56 Å². The number of nitrogens with zero attached hydrogens (tertiary/aromatic N) is 3. The number of rotatable bonds is 7. The van der Waals surface area contributed by atoms with E-state index in [9.17, 15) is 0 Å². The highest BCUT2D eigenvalue weighted by Gasteiger charge is 2.13. The average molecular weight is 331 g/mol. The van der Waals surface area contributed by atoms with Crippen LogP contribution in [0.4, 0.5) is 5.13 Å². The van der Waals surface area contributed by atoms with E-state index >= 15 is 0 Å². The van der Waals surface area contributed by atoms with Gasteiger partial charge in [0.15, 0.2) is 0 Å². The molecule has 0 amide bonds. The molecule has 0 aliphatic heterocycles. The van der Waals surface area contributed by atoms with E-state index in [1.54, 1.807) is 11.3 Å². The van der Waals surface area contributed by atoms with Crippen molar-refractivity contribution in [1.82, 2.24) is 9.88 Å². The number of hydrogen-bond donors (Lipinski definition) is 1. The third kappa shape index (κ3) is 5.44. The summed E-state index contributed by atoms with van der Waals surface area (Å²) in [5, 5.41) is 7.06. The topological polar surface area (TPSA) is 40.5 Å². The highest BCUT2D eigenvalue weighted by molar-refractivity contribution is 7.13. The lowest BCUT2D eigenvalue weighted by atomic mass is 10.1. The lowest BCUT2D eigenvalue weighted by Crippen LogP contribution is -2.36. The third-order valence-electron chi connectivity index (χ3n) is 3.66. The van der Waals surface area contributed by atoms with Crippen molar-refractivity contribution in [3.8, 4) is 0 Å². The fourth-order valence-electron chi connectivity index (χ4n) is 2.45. The predicted octanol–water partition coefficient (Wildman–Crippen LogP) is 4.52. The molecule has 2 rings (SSSR count). The first-order valence-corrected chi connectivity index (χ1v) is 8.89. The molecule has 124 valence electrons. The Bertz CT molecular complexity index is 621. The smallest absolute Gasteiger partial charge is 0.203 e. The number of anilines is 1. The van der Waals surface area contributed by atoms with E-state index < -0.39 is 0 Å². The zero-order valence-corrected chi connectivity index (χ0v) is 15.4. The second-order valence-electron chi connectivity index (χ2n) is 6.27. The van der Waals surface area contributed by atoms with Gasteiger partial charge in [-0.1, -0.05) is 24.3 Å². The lowest BCUT2D eigenvalue weighted by molar-refractivity contribution is 0.166. The van der Waals surface area contributed by atoms with Gasteiger partial charge in [0.25, 0.3) is 0 Å². The number of thiazole rings is 1. The van der Waals surface area contributed by atoms with E-state index in [0.717, 1.165) is 22.9 Å². The van der Waals surface area contributed by atoms with Crippen molar-refractivity contribution < 1.29 is 0 Å². The Balaban J connectivity index is 1.93. The summed E-state index contributed by atoms with van der Waals surface area (Å²) in [6, 6.07) is 9.64. The van der Waals surface area contributed by atoms with Gasteiger partial charge in [-0.2, -0.15) is 5.10 Å². The molecule has 0 radical (unpaired) electrons. The van der Waals surface area contributed by atoms with Crippen LogP contribution in [0.5, 0.6) is 0 Å². The quantitative estimate of drug-likeness (QED) is 0.599. The molecular weight excluding hydrogens is 304 g/mol. The second-order valence-corrected chi connectivity index (χ2v) is 7.12. The number of aryl methyl sites for hydroxylation is 1. The molecule has 1 N–H and O–H groups in total. The van der Waals surface area contributed by atoms with Gasteiger partial charge >= 0.3 is 0 Å². The van der Waals surface area contributed by atoms with Crippen LogP contribution in [0.25, 0.3) is 0 Å². The van der Waals surface area contributed by atoms with E-state index in [0.29, 0.717) is 12.1 Å². The van der Waals surface area contributed by atoms with Crippen molar-refractivity contribution in [2.75, 3.05) is 5.43 Å². The second kappa shape index (κ2) is 8.22. The van der Waals surface area contributed by atoms with Gasteiger partial charge in [-0.05, 0) is 45.7 Å². The van der Waals surface area contributed by atoms with Gasteiger partial charge in [-0.15, -0.1) is 11.3 Å². The number of nitrogens with one attached hydrogen (secondary N) is 1. The van der Waals surface area contributed by atoms with Gasteiger partial charge < -0.3 is 0 Å². The van der Waals surface area contributed by atoms with E-state index in [-0.39, 0.29) is 0 Å². The van der Waals surface area contributed by atoms with E-state index in [1.807, 2.05) is 18.5 Å². The molecule has 0 fully saturated rings. The summed E-state index contributed by atoms with van der Waals surface area (Å²) in [6.07, 6.45) is 1.82. The maximum Gasteiger partial charge on any atom is 0.203 e. The lowest BCUT2D eigenvalue weighted by Gasteiger charge is -2.30. The van der Waals surface area contributed by atoms with Crippen molar-refractivity contribution in [3.63, 3.8) is 0 Å². The first-order chi connectivity index (χ1) is 11.0. The van der Waals surface area contributed by atoms with E-state index in [4.69, 9.17) is 0 Å². The van der Waals surface area contributed by atoms with Gasteiger partial charge in [0.2, 0.25) is 5.13 Å². The van der Waals surface area contributed by atoms with Gasteiger partial charge in [-0.3, -0.25) is 10.3 Å². The highest BCUT2D eigenvalue weighted by atomic mass is 32.1. The number of aromatic nitrogens is 1. The molecule has 0 atom stereocenters. The summed E-state index contributed by atoms with van der Waals surface area (Å²) < 4.78 is 0. The molecule has 1 aromatic heterocycles. The third-order valence-corrected chi connectivity index (χ3v) is 4.53. The van der Waals surface area contributed by atoms with Gasteiger partial charge in [-0.25, -0.2) is 4.98 Å². The Morgan fingerprint density at radius 2 is 1.83 bits per heavy atom. The molecule has 23 heavy (non-hydrogen) atoms. The van der Waals surface area contributed by atoms with Crippen LogP contribution < -0.4 is 5.43 Å². The standard InChI is InChI=1S/C18H26N4S/c1-13(2)22(14(3)4)11-17-8-6-16(7-9-17)10-19-21-18-20-15(5)12-23-18/h6-10,12-14H,11H2,1-5H3,(H,20,21). The predicted molar refractivity (Wildman–Crippen MR) is 100 cm³/mol. The van der Waals surface area contributed by atoms with Crippen molar-refractivity contribution >= 4 is 22.7 Å². The minimum atomic E-state index is 0.544. The van der Waals surface area contributed by atoms with Crippen LogP contribution >= 0.6 is 11.3 Å². The maximum absolute atomic E-state index is 4.31. The normalized spacial score (nSPS) is 12.0. The van der Waals surface area contributed by atoms with Crippen LogP contribution in [0, 0.1) is 6.92 Å². The summed E-state index contributed by atoms with van der Waals surface area (Å²) >= 11 is 1.56. The highest BCUT2D eigenvalue weighted by Crippen LogP contribution is 2.14. The minimum Gasteiger partial charge on any atom is -0.294 e. The van der Waals surface area contributed by atoms with Crippen LogP contribution in [0.2, 0.25) is 0 Å². The first kappa shape index (κ1) is 17.6. The molecule has 0 bridgehead atoms. The zero-order chi connectivity index (χ0) is 16.8. The fraction of sp³-hybridized carbons (Fsp3) is 0.444. The van der Waals surface area contributed by atoms with Crippen molar-refractivity contribution in [2.24, 2.45) is 5.10 Å². The monoisotopic (exact) mass is 330 g/mol. The summed E-state index contributed by atoms with van der Waals surface area (Å²) in [7, 11) is 0. The molecule has 0 saturated carbocycles. The molecule has 0 spiro atoms. The largest absolute Gasteiger partial charge is 0.294 e. The molecule has 1 heterocycles. The molecular formula is C18H26N4S. The molecule has 0 aliphatic carbocycles. The number of benzene rings is 1. The van der Waals surface area contributed by atoms with E-state index in [2.05, 4.69) is 72.4 Å². The molecule has 4 nitrogen and oxygen atoms in total. The fourth-order valence-corrected chi connectivity index (χ4v) is 3.09. The summed E-state index contributed by atoms with van der Waals surface area (Å²) in [5.74, 6) is 0. The van der Waals surface area contributed by atoms with Crippen molar-refractivity contribution in [2.45, 2.75) is 53.2 Å². The van der Waals surface area contributed by atoms with Crippen molar-refractivity contribution in [1.29, 1.82) is 0 Å². The van der Waals surface area contributed by atoms with Crippen LogP contribution in [0.15, 0.2) is 34.7 Å². The van der Waals surface area contributed by atoms with Gasteiger partial charge in [0.1, 0.15) is 0 Å². The first-order valence-electron chi connectivity index (χ1n) is 8.01. The Hall–Kier alpha value is -1.72. The van der Waals surface area contributed by atoms with Crippen LogP contribution in [0.3, 0.4) is 0 Å². The van der Waals surface area contributed by atoms with Crippen LogP contribution in [-0.2, 0) is 6.54 Å². The minimum absolute atomic E-state index is 0.544. The Labute approximate surface area is 143 Å². The number of hydrogen-bond acceptors (Lipinski definition) is 5. The summed E-state index contributed by atoms with van der Waals surface area (Å²) in [4.78, 5) is 6.79. The molecule has 0 saturated heterocycles. The Kier molecular flexibility index (Phi) is 6.30. The Morgan fingerprint density at radius 3 is 2.35 bits per heavy atom. The van der Waals surface area contributed by atoms with Gasteiger partial charge in [0.05, 0.1) is 11.9 Å². The Morgan fingerprint density at radius 1 is 1.17 bits per heavy atom. The van der Waals surface area contributed by atoms with Crippen molar-refractivity contribution in [3.05, 3.63) is 46.5 Å². The SMILES string of the molecule is Cc1csc(NN=Cc2ccc(CN(C(C)C)C(C)C)cc2)n1. The van der Waals surface area contributed by atoms with Crippen LogP contribution in [0.1, 0.15) is 44.5 Å². The average Bonchev–Trinajstić information content (AvgIpc) is 2.91. The maximum atomic E-state index is 4.31. The molecule has 0 aliphatic rings.